The molecule has 0 bridgehead atoms. The second-order valence-corrected chi connectivity index (χ2v) is 8.50. The summed E-state index contributed by atoms with van der Waals surface area (Å²) in [5.74, 6) is 0.756. The molecule has 2 aromatic rings. The van der Waals surface area contributed by atoms with Crippen LogP contribution < -0.4 is 12.4 Å². The molecule has 0 aliphatic rings. The molecule has 0 amide bonds. The van der Waals surface area contributed by atoms with Gasteiger partial charge in [-0.15, -0.1) is 0 Å². The van der Waals surface area contributed by atoms with Gasteiger partial charge in [-0.05, 0) is 59.1 Å². The van der Waals surface area contributed by atoms with E-state index in [1.54, 1.807) is 12.1 Å². The summed E-state index contributed by atoms with van der Waals surface area (Å²) in [5, 5.41) is 18.6. The van der Waals surface area contributed by atoms with Crippen molar-refractivity contribution in [3.63, 3.8) is 0 Å². The molecule has 0 saturated carbocycles. The van der Waals surface area contributed by atoms with E-state index in [4.69, 9.17) is 0 Å². The van der Waals surface area contributed by atoms with Crippen molar-refractivity contribution in [2.24, 2.45) is 0 Å². The van der Waals surface area contributed by atoms with Crippen LogP contribution in [0, 0.1) is 13.8 Å². The van der Waals surface area contributed by atoms with E-state index in [1.165, 1.54) is 11.1 Å². The standard InChI is InChI=1S/2C11H16O.ClH.Cr/c2*1-8-7-9(11(2,3)4)5-6-10(8)12;;/h2*5-7,12H,1-4H3;1H;/p-1. The Labute approximate surface area is 176 Å². The average molecular weight is 416 g/mol. The van der Waals surface area contributed by atoms with Crippen LogP contribution in [0.5, 0.6) is 11.5 Å². The summed E-state index contributed by atoms with van der Waals surface area (Å²) in [6, 6.07) is 11.5. The molecule has 0 unspecified atom stereocenters. The fourth-order valence-corrected chi connectivity index (χ4v) is 2.24. The molecule has 0 aliphatic heterocycles. The van der Waals surface area contributed by atoms with Gasteiger partial charge < -0.3 is 22.6 Å². The molecule has 0 aromatic heterocycles. The third kappa shape index (κ3) is 8.04. The van der Waals surface area contributed by atoms with Crippen molar-refractivity contribution in [2.75, 3.05) is 0 Å². The van der Waals surface area contributed by atoms with Crippen LogP contribution in [-0.2, 0) is 28.2 Å². The summed E-state index contributed by atoms with van der Waals surface area (Å²) < 4.78 is 0. The number of halogens is 1. The molecule has 0 atom stereocenters. The summed E-state index contributed by atoms with van der Waals surface area (Å²) in [6.07, 6.45) is 0. The molecule has 26 heavy (non-hydrogen) atoms. The summed E-state index contributed by atoms with van der Waals surface area (Å²) in [5.41, 5.74) is 4.75. The molecule has 0 fully saturated rings. The first kappa shape index (κ1) is 27.1. The van der Waals surface area contributed by atoms with E-state index < -0.39 is 0 Å². The zero-order chi connectivity index (χ0) is 18.7. The minimum Gasteiger partial charge on any atom is -1.00 e. The Kier molecular flexibility index (Phi) is 10.7. The van der Waals surface area contributed by atoms with E-state index in [0.717, 1.165) is 11.1 Å². The van der Waals surface area contributed by atoms with E-state index in [2.05, 4.69) is 41.5 Å². The van der Waals surface area contributed by atoms with Gasteiger partial charge in [0.25, 0.3) is 0 Å². The number of hydrogen-bond acceptors (Lipinski definition) is 2. The molecule has 0 saturated heterocycles. The number of aryl methyl sites for hydroxylation is 2. The summed E-state index contributed by atoms with van der Waals surface area (Å²) in [4.78, 5) is 0. The number of phenols is 2. The SMILES string of the molecule is Cc1cc(C(C)(C)C)ccc1O.Cc1cc(C(C)(C)C)ccc1O.[Cl-].[Cr]. The maximum Gasteiger partial charge on any atom is 0.118 e. The average Bonchev–Trinajstić information content (AvgIpc) is 2.43. The second-order valence-electron chi connectivity index (χ2n) is 8.50. The van der Waals surface area contributed by atoms with Crippen molar-refractivity contribution in [3.05, 3.63) is 58.7 Å². The van der Waals surface area contributed by atoms with Crippen molar-refractivity contribution in [3.8, 4) is 11.5 Å². The Morgan fingerprint density at radius 2 is 0.885 bits per heavy atom. The number of benzene rings is 2. The Morgan fingerprint density at radius 3 is 1.08 bits per heavy atom. The van der Waals surface area contributed by atoms with E-state index >= 15 is 0 Å². The molecular formula is C22H32ClCrO2-. The smallest absolute Gasteiger partial charge is 0.118 e. The molecule has 2 nitrogen and oxygen atoms in total. The molecule has 0 spiro atoms. The molecule has 146 valence electrons. The first-order valence-corrected chi connectivity index (χ1v) is 8.42. The predicted octanol–water partition coefficient (Wildman–Crippen LogP) is 3.00. The third-order valence-electron chi connectivity index (χ3n) is 4.13. The monoisotopic (exact) mass is 415 g/mol. The van der Waals surface area contributed by atoms with E-state index in [1.807, 2.05) is 38.1 Å². The maximum absolute atomic E-state index is 9.31. The van der Waals surface area contributed by atoms with Gasteiger partial charge in [0.05, 0.1) is 0 Å². The van der Waals surface area contributed by atoms with Gasteiger partial charge in [-0.25, -0.2) is 0 Å². The van der Waals surface area contributed by atoms with Gasteiger partial charge in [-0.1, -0.05) is 65.8 Å². The van der Waals surface area contributed by atoms with Crippen molar-refractivity contribution >= 4 is 0 Å². The Morgan fingerprint density at radius 1 is 0.615 bits per heavy atom. The molecular weight excluding hydrogens is 384 g/mol. The number of aromatic hydroxyl groups is 2. The summed E-state index contributed by atoms with van der Waals surface area (Å²) in [7, 11) is 0. The van der Waals surface area contributed by atoms with Gasteiger partial charge in [0.15, 0.2) is 0 Å². The van der Waals surface area contributed by atoms with E-state index in [-0.39, 0.29) is 40.6 Å². The Hall–Kier alpha value is -1.14. The van der Waals surface area contributed by atoms with Crippen molar-refractivity contribution < 1.29 is 40.0 Å². The Balaban J connectivity index is 0. The van der Waals surface area contributed by atoms with Gasteiger partial charge in [-0.2, -0.15) is 0 Å². The summed E-state index contributed by atoms with van der Waals surface area (Å²) in [6.45, 7) is 16.8. The third-order valence-corrected chi connectivity index (χ3v) is 4.13. The van der Waals surface area contributed by atoms with Crippen molar-refractivity contribution in [1.29, 1.82) is 0 Å². The zero-order valence-electron chi connectivity index (χ0n) is 17.1. The minimum absolute atomic E-state index is 0. The van der Waals surface area contributed by atoms with E-state index in [9.17, 15) is 10.2 Å². The molecule has 2 N–H and O–H groups in total. The molecule has 0 aliphatic carbocycles. The summed E-state index contributed by atoms with van der Waals surface area (Å²) >= 11 is 0. The molecule has 0 heterocycles. The fraction of sp³-hybridized carbons (Fsp3) is 0.455. The normalized spacial score (nSPS) is 10.8. The van der Waals surface area contributed by atoms with Crippen LogP contribution in [0.4, 0.5) is 0 Å². The van der Waals surface area contributed by atoms with Crippen LogP contribution in [0.15, 0.2) is 36.4 Å². The van der Waals surface area contributed by atoms with E-state index in [0.29, 0.717) is 11.5 Å². The second kappa shape index (κ2) is 10.3. The number of rotatable bonds is 0. The largest absolute Gasteiger partial charge is 1.00 e. The number of phenolic OH excluding ortho intramolecular Hbond substituents is 2. The molecule has 2 rings (SSSR count). The molecule has 4 heteroatoms. The van der Waals surface area contributed by atoms with Gasteiger partial charge >= 0.3 is 0 Å². The van der Waals surface area contributed by atoms with Crippen LogP contribution in [0.1, 0.15) is 63.8 Å². The van der Waals surface area contributed by atoms with Crippen LogP contribution in [-0.4, -0.2) is 10.2 Å². The quantitative estimate of drug-likeness (QED) is 0.694. The van der Waals surface area contributed by atoms with Crippen LogP contribution in [0.3, 0.4) is 0 Å². The van der Waals surface area contributed by atoms with Crippen LogP contribution in [0.2, 0.25) is 0 Å². The predicted molar refractivity (Wildman–Crippen MR) is 103 cm³/mol. The Bertz CT molecular complexity index is 637. The van der Waals surface area contributed by atoms with Gasteiger partial charge in [0.2, 0.25) is 0 Å². The van der Waals surface area contributed by atoms with Gasteiger partial charge in [-0.3, -0.25) is 0 Å². The number of hydrogen-bond donors (Lipinski definition) is 2. The van der Waals surface area contributed by atoms with Crippen molar-refractivity contribution in [1.82, 2.24) is 0 Å². The molecule has 0 radical (unpaired) electrons. The fourth-order valence-electron chi connectivity index (χ4n) is 2.24. The van der Waals surface area contributed by atoms with Crippen molar-refractivity contribution in [2.45, 2.75) is 66.2 Å². The topological polar surface area (TPSA) is 40.5 Å². The first-order chi connectivity index (χ1) is 10.8. The maximum atomic E-state index is 9.31. The first-order valence-electron chi connectivity index (χ1n) is 8.42. The molecule has 2 aromatic carbocycles. The van der Waals surface area contributed by atoms with Gasteiger partial charge in [0.1, 0.15) is 11.5 Å². The van der Waals surface area contributed by atoms with Crippen LogP contribution in [0.25, 0.3) is 0 Å². The minimum atomic E-state index is 0. The zero-order valence-corrected chi connectivity index (χ0v) is 19.2. The van der Waals surface area contributed by atoms with Crippen LogP contribution >= 0.6 is 0 Å². The van der Waals surface area contributed by atoms with Gasteiger partial charge in [0, 0.05) is 17.4 Å².